The third-order valence-electron chi connectivity index (χ3n) is 2.54. The van der Waals surface area contributed by atoms with E-state index in [1.54, 1.807) is 0 Å². The second-order valence-corrected chi connectivity index (χ2v) is 5.85. The zero-order valence-corrected chi connectivity index (χ0v) is 12.1. The van der Waals surface area contributed by atoms with Gasteiger partial charge in [0.15, 0.2) is 0 Å². The van der Waals surface area contributed by atoms with Gasteiger partial charge in [0.2, 0.25) is 0 Å². The number of rotatable bonds is 0. The van der Waals surface area contributed by atoms with Crippen molar-refractivity contribution >= 4 is 53.1 Å². The van der Waals surface area contributed by atoms with Gasteiger partial charge in [-0.05, 0) is 31.2 Å². The fraction of sp³-hybridized carbons (Fsp3) is 0.455. The quantitative estimate of drug-likeness (QED) is 0.721. The second-order valence-electron chi connectivity index (χ2n) is 3.62. The first-order valence-corrected chi connectivity index (χ1v) is 6.84. The van der Waals surface area contributed by atoms with Crippen LogP contribution >= 0.6 is 47.4 Å². The molecule has 90 valence electrons. The number of hydrogen-bond donors (Lipinski definition) is 1. The summed E-state index contributed by atoms with van der Waals surface area (Å²) in [7, 11) is 0. The van der Waals surface area contributed by atoms with E-state index >= 15 is 0 Å². The number of nitrogens with one attached hydrogen (secondary N) is 1. The Morgan fingerprint density at radius 2 is 2.12 bits per heavy atom. The SMILES string of the molecule is CC1SCCCNc2ccc(Cl)c(Cl)c21.Cl. The average Bonchev–Trinajstić information content (AvgIpc) is 2.19. The van der Waals surface area contributed by atoms with Crippen molar-refractivity contribution in [2.45, 2.75) is 18.6 Å². The summed E-state index contributed by atoms with van der Waals surface area (Å²) in [6.07, 6.45) is 1.19. The standard InChI is InChI=1S/C11H13Cl2NS.ClH/c1-7-10-9(14-5-2-6-15-7)4-3-8(12)11(10)13;/h3-4,7,14H,2,5-6H2,1H3;1H. The highest BCUT2D eigenvalue weighted by atomic mass is 35.5. The van der Waals surface area contributed by atoms with Crippen LogP contribution in [0.3, 0.4) is 0 Å². The van der Waals surface area contributed by atoms with Crippen LogP contribution in [0.5, 0.6) is 0 Å². The maximum Gasteiger partial charge on any atom is 0.0656 e. The first-order chi connectivity index (χ1) is 7.20. The van der Waals surface area contributed by atoms with E-state index in [2.05, 4.69) is 12.2 Å². The van der Waals surface area contributed by atoms with Gasteiger partial charge in [0, 0.05) is 23.0 Å². The van der Waals surface area contributed by atoms with Gasteiger partial charge in [-0.15, -0.1) is 12.4 Å². The van der Waals surface area contributed by atoms with E-state index in [0.29, 0.717) is 15.3 Å². The van der Waals surface area contributed by atoms with Gasteiger partial charge >= 0.3 is 0 Å². The summed E-state index contributed by atoms with van der Waals surface area (Å²) in [5.74, 6) is 1.16. The molecule has 0 aromatic heterocycles. The zero-order chi connectivity index (χ0) is 10.8. The molecule has 5 heteroatoms. The summed E-state index contributed by atoms with van der Waals surface area (Å²) in [5.41, 5.74) is 2.28. The van der Waals surface area contributed by atoms with Crippen molar-refractivity contribution in [3.8, 4) is 0 Å². The third-order valence-corrected chi connectivity index (χ3v) is 4.62. The molecule has 0 radical (unpaired) electrons. The first kappa shape index (κ1) is 14.3. The minimum atomic E-state index is 0. The molecule has 1 unspecified atom stereocenters. The van der Waals surface area contributed by atoms with Crippen LogP contribution in [0.15, 0.2) is 12.1 Å². The summed E-state index contributed by atoms with van der Waals surface area (Å²) in [4.78, 5) is 0. The Labute approximate surface area is 117 Å². The number of fused-ring (bicyclic) bond motifs is 1. The van der Waals surface area contributed by atoms with Crippen molar-refractivity contribution in [3.05, 3.63) is 27.7 Å². The maximum absolute atomic E-state index is 6.25. The van der Waals surface area contributed by atoms with E-state index in [0.717, 1.165) is 23.5 Å². The fourth-order valence-corrected chi connectivity index (χ4v) is 3.39. The van der Waals surface area contributed by atoms with E-state index in [4.69, 9.17) is 23.2 Å². The van der Waals surface area contributed by atoms with Gasteiger partial charge in [-0.25, -0.2) is 0 Å². The Morgan fingerprint density at radius 1 is 1.38 bits per heavy atom. The maximum atomic E-state index is 6.25. The highest BCUT2D eigenvalue weighted by Gasteiger charge is 2.18. The predicted molar refractivity (Wildman–Crippen MR) is 77.7 cm³/mol. The van der Waals surface area contributed by atoms with Gasteiger partial charge in [-0.3, -0.25) is 0 Å². The molecule has 0 fully saturated rings. The monoisotopic (exact) mass is 297 g/mol. The lowest BCUT2D eigenvalue weighted by atomic mass is 10.1. The van der Waals surface area contributed by atoms with Crippen molar-refractivity contribution in [2.24, 2.45) is 0 Å². The van der Waals surface area contributed by atoms with Crippen LogP contribution in [0.25, 0.3) is 0 Å². The molecule has 0 aliphatic carbocycles. The first-order valence-electron chi connectivity index (χ1n) is 5.03. The van der Waals surface area contributed by atoms with E-state index in [-0.39, 0.29) is 12.4 Å². The van der Waals surface area contributed by atoms with Crippen LogP contribution in [0, 0.1) is 0 Å². The van der Waals surface area contributed by atoms with Crippen LogP contribution in [-0.2, 0) is 0 Å². The van der Waals surface area contributed by atoms with Crippen molar-refractivity contribution in [3.63, 3.8) is 0 Å². The van der Waals surface area contributed by atoms with E-state index in [1.165, 1.54) is 6.42 Å². The number of anilines is 1. The van der Waals surface area contributed by atoms with Gasteiger partial charge in [0.25, 0.3) is 0 Å². The Kier molecular flexibility index (Phi) is 5.58. The fourth-order valence-electron chi connectivity index (χ4n) is 1.76. The normalized spacial score (nSPS) is 19.8. The second kappa shape index (κ2) is 6.25. The van der Waals surface area contributed by atoms with Gasteiger partial charge in [0.1, 0.15) is 0 Å². The number of halogens is 3. The number of hydrogen-bond acceptors (Lipinski definition) is 2. The Morgan fingerprint density at radius 3 is 2.88 bits per heavy atom. The van der Waals surface area contributed by atoms with Gasteiger partial charge < -0.3 is 5.32 Å². The van der Waals surface area contributed by atoms with Crippen LogP contribution in [0.2, 0.25) is 10.0 Å². The van der Waals surface area contributed by atoms with Crippen molar-refractivity contribution < 1.29 is 0 Å². The van der Waals surface area contributed by atoms with Crippen molar-refractivity contribution in [2.75, 3.05) is 17.6 Å². The van der Waals surface area contributed by atoms with E-state index in [9.17, 15) is 0 Å². The van der Waals surface area contributed by atoms with Gasteiger partial charge in [-0.1, -0.05) is 23.2 Å². The number of thioether (sulfide) groups is 1. The molecule has 1 aromatic carbocycles. The molecule has 0 bridgehead atoms. The molecular formula is C11H14Cl3NS. The van der Waals surface area contributed by atoms with E-state index in [1.807, 2.05) is 23.9 Å². The minimum Gasteiger partial charge on any atom is -0.385 e. The minimum absolute atomic E-state index is 0. The van der Waals surface area contributed by atoms with Crippen molar-refractivity contribution in [1.82, 2.24) is 0 Å². The summed E-state index contributed by atoms with van der Waals surface area (Å²) in [6, 6.07) is 3.88. The molecule has 1 heterocycles. The average molecular weight is 299 g/mol. The van der Waals surface area contributed by atoms with E-state index < -0.39 is 0 Å². The Balaban J connectivity index is 0.00000128. The van der Waals surface area contributed by atoms with Crippen LogP contribution in [0.1, 0.15) is 24.2 Å². The van der Waals surface area contributed by atoms with Crippen molar-refractivity contribution in [1.29, 1.82) is 0 Å². The predicted octanol–water partition coefficient (Wildman–Crippen LogP) is 5.03. The lowest BCUT2D eigenvalue weighted by molar-refractivity contribution is 0.957. The number of benzene rings is 1. The Hall–Kier alpha value is 0.240. The highest BCUT2D eigenvalue weighted by molar-refractivity contribution is 7.99. The van der Waals surface area contributed by atoms with Crippen LogP contribution < -0.4 is 5.32 Å². The summed E-state index contributed by atoms with van der Waals surface area (Å²) in [5, 5.41) is 5.15. The lowest BCUT2D eigenvalue weighted by Crippen LogP contribution is -2.10. The molecule has 16 heavy (non-hydrogen) atoms. The smallest absolute Gasteiger partial charge is 0.0656 e. The highest BCUT2D eigenvalue weighted by Crippen LogP contribution is 2.42. The third kappa shape index (κ3) is 2.92. The van der Waals surface area contributed by atoms with Crippen LogP contribution in [0.4, 0.5) is 5.69 Å². The molecule has 1 aliphatic heterocycles. The molecule has 1 aliphatic rings. The lowest BCUT2D eigenvalue weighted by Gasteiger charge is -2.22. The molecule has 1 atom stereocenters. The molecule has 0 saturated heterocycles. The molecule has 2 rings (SSSR count). The summed E-state index contributed by atoms with van der Waals surface area (Å²) < 4.78 is 0. The molecule has 0 spiro atoms. The van der Waals surface area contributed by atoms with Gasteiger partial charge in [0.05, 0.1) is 10.0 Å². The van der Waals surface area contributed by atoms with Gasteiger partial charge in [-0.2, -0.15) is 11.8 Å². The summed E-state index contributed by atoms with van der Waals surface area (Å²) >= 11 is 14.2. The molecule has 1 nitrogen and oxygen atoms in total. The molecule has 0 amide bonds. The zero-order valence-electron chi connectivity index (χ0n) is 8.93. The molecule has 1 N–H and O–H groups in total. The largest absolute Gasteiger partial charge is 0.385 e. The Bertz CT molecular complexity index is 370. The van der Waals surface area contributed by atoms with Crippen LogP contribution in [-0.4, -0.2) is 12.3 Å². The molecule has 0 saturated carbocycles. The molecular weight excluding hydrogens is 285 g/mol. The topological polar surface area (TPSA) is 12.0 Å². The molecule has 1 aromatic rings. The summed E-state index contributed by atoms with van der Waals surface area (Å²) in [6.45, 7) is 3.18.